The Morgan fingerprint density at radius 3 is 2.70 bits per heavy atom. The lowest BCUT2D eigenvalue weighted by atomic mass is 10.0. The maximum absolute atomic E-state index is 13.5. The molecule has 1 aliphatic rings. The molecule has 0 amide bonds. The number of nitrogens with zero attached hydrogens (tertiary/aromatic N) is 4. The maximum atomic E-state index is 13.5. The molecule has 3 heterocycles. The Kier molecular flexibility index (Phi) is 4.71. The van der Waals surface area contributed by atoms with E-state index in [1.165, 1.54) is 23.3 Å². The minimum absolute atomic E-state index is 0.0121. The van der Waals surface area contributed by atoms with Crippen molar-refractivity contribution in [3.63, 3.8) is 0 Å². The smallest absolute Gasteiger partial charge is 0.259 e. The highest BCUT2D eigenvalue weighted by Gasteiger charge is 2.24. The molecule has 0 spiro atoms. The van der Waals surface area contributed by atoms with E-state index < -0.39 is 0 Å². The molecule has 152 valence electrons. The van der Waals surface area contributed by atoms with E-state index in [2.05, 4.69) is 41.1 Å². The summed E-state index contributed by atoms with van der Waals surface area (Å²) in [5.41, 5.74) is 5.23. The molecule has 5 nitrogen and oxygen atoms in total. The van der Waals surface area contributed by atoms with E-state index >= 15 is 0 Å². The number of hydrogen-bond acceptors (Lipinski definition) is 3. The van der Waals surface area contributed by atoms with Crippen LogP contribution in [0.15, 0.2) is 65.7 Å². The van der Waals surface area contributed by atoms with Gasteiger partial charge in [0.25, 0.3) is 5.56 Å². The lowest BCUT2D eigenvalue weighted by Gasteiger charge is -2.29. The normalized spacial score (nSPS) is 14.2. The van der Waals surface area contributed by atoms with E-state index in [-0.39, 0.29) is 11.4 Å². The highest BCUT2D eigenvalue weighted by atomic mass is 19.1. The molecule has 0 fully saturated rings. The molecule has 0 bridgehead atoms. The van der Waals surface area contributed by atoms with Crippen molar-refractivity contribution in [2.75, 3.05) is 6.54 Å². The summed E-state index contributed by atoms with van der Waals surface area (Å²) in [5.74, 6) is 0.351. The van der Waals surface area contributed by atoms with Crippen molar-refractivity contribution < 1.29 is 4.39 Å². The number of aromatic nitrogens is 3. The van der Waals surface area contributed by atoms with Crippen LogP contribution in [0, 0.1) is 12.7 Å². The Bertz CT molecular complexity index is 1270. The Labute approximate surface area is 174 Å². The number of fused-ring (bicyclic) bond motifs is 3. The molecule has 5 rings (SSSR count). The van der Waals surface area contributed by atoms with Crippen molar-refractivity contribution in [2.24, 2.45) is 0 Å². The van der Waals surface area contributed by atoms with Crippen LogP contribution in [0.5, 0.6) is 0 Å². The molecule has 2 aromatic carbocycles. The standard InChI is InChI=1S/C24H23FN4O/c1-17-3-2-4-19(13-17)14-27-11-9-22-21(16-27)23(30)29(24-26-10-12-28(22)24)15-18-5-7-20(25)8-6-18/h2-8,10,12-13H,9,11,14-16H2,1H3. The van der Waals surface area contributed by atoms with Crippen molar-refractivity contribution in [3.05, 3.63) is 105 Å². The van der Waals surface area contributed by atoms with Gasteiger partial charge in [0.15, 0.2) is 0 Å². The second-order valence-corrected chi connectivity index (χ2v) is 7.99. The van der Waals surface area contributed by atoms with Crippen LogP contribution in [-0.2, 0) is 26.1 Å². The number of aryl methyl sites for hydroxylation is 1. The van der Waals surface area contributed by atoms with Gasteiger partial charge in [-0.2, -0.15) is 0 Å². The summed E-state index contributed by atoms with van der Waals surface area (Å²) in [7, 11) is 0. The van der Waals surface area contributed by atoms with E-state index in [1.54, 1.807) is 22.9 Å². The summed E-state index contributed by atoms with van der Waals surface area (Å²) in [5, 5.41) is 0. The highest BCUT2D eigenvalue weighted by molar-refractivity contribution is 5.38. The molecule has 2 aromatic heterocycles. The summed E-state index contributed by atoms with van der Waals surface area (Å²) in [6.45, 7) is 4.79. The zero-order chi connectivity index (χ0) is 20.7. The van der Waals surface area contributed by atoms with Crippen LogP contribution in [0.3, 0.4) is 0 Å². The first-order chi connectivity index (χ1) is 14.6. The molecule has 30 heavy (non-hydrogen) atoms. The molecule has 0 saturated heterocycles. The van der Waals surface area contributed by atoms with E-state index in [4.69, 9.17) is 0 Å². The average molecular weight is 402 g/mol. The molecular formula is C24H23FN4O. The topological polar surface area (TPSA) is 42.5 Å². The summed E-state index contributed by atoms with van der Waals surface area (Å²) in [6.07, 6.45) is 4.46. The zero-order valence-corrected chi connectivity index (χ0v) is 16.9. The second-order valence-electron chi connectivity index (χ2n) is 7.99. The van der Waals surface area contributed by atoms with Crippen LogP contribution in [-0.4, -0.2) is 25.4 Å². The molecule has 0 unspecified atom stereocenters. The number of benzene rings is 2. The number of halogens is 1. The fraction of sp³-hybridized carbons (Fsp3) is 0.250. The third kappa shape index (κ3) is 3.44. The van der Waals surface area contributed by atoms with E-state index in [0.717, 1.165) is 36.3 Å². The van der Waals surface area contributed by atoms with Crippen LogP contribution in [0.4, 0.5) is 4.39 Å². The minimum atomic E-state index is -0.283. The van der Waals surface area contributed by atoms with E-state index in [9.17, 15) is 9.18 Å². The minimum Gasteiger partial charge on any atom is -0.294 e. The lowest BCUT2D eigenvalue weighted by Crippen LogP contribution is -2.38. The first-order valence-electron chi connectivity index (χ1n) is 10.2. The average Bonchev–Trinajstić information content (AvgIpc) is 3.22. The third-order valence-corrected chi connectivity index (χ3v) is 5.79. The highest BCUT2D eigenvalue weighted by Crippen LogP contribution is 2.20. The molecule has 0 radical (unpaired) electrons. The first-order valence-corrected chi connectivity index (χ1v) is 10.2. The summed E-state index contributed by atoms with van der Waals surface area (Å²) in [4.78, 5) is 20.2. The van der Waals surface area contributed by atoms with E-state index in [1.807, 2.05) is 10.6 Å². The van der Waals surface area contributed by atoms with Gasteiger partial charge in [0.1, 0.15) is 5.82 Å². The summed E-state index contributed by atoms with van der Waals surface area (Å²) in [6, 6.07) is 14.8. The Morgan fingerprint density at radius 2 is 1.90 bits per heavy atom. The van der Waals surface area contributed by atoms with Gasteiger partial charge in [-0.15, -0.1) is 0 Å². The molecule has 0 aliphatic carbocycles. The SMILES string of the molecule is Cc1cccc(CN2CCc3c(c(=O)n(Cc4ccc(F)cc4)c4nccn34)C2)c1. The van der Waals surface area contributed by atoms with Gasteiger partial charge in [0, 0.05) is 44.1 Å². The molecule has 0 N–H and O–H groups in total. The largest absolute Gasteiger partial charge is 0.294 e. The van der Waals surface area contributed by atoms with Crippen LogP contribution < -0.4 is 5.56 Å². The molecule has 4 aromatic rings. The van der Waals surface area contributed by atoms with Crippen molar-refractivity contribution in [1.82, 2.24) is 18.9 Å². The van der Waals surface area contributed by atoms with Crippen molar-refractivity contribution in [3.8, 4) is 0 Å². The third-order valence-electron chi connectivity index (χ3n) is 5.79. The van der Waals surface area contributed by atoms with Crippen molar-refractivity contribution in [2.45, 2.75) is 33.0 Å². The van der Waals surface area contributed by atoms with Crippen LogP contribution >= 0.6 is 0 Å². The maximum Gasteiger partial charge on any atom is 0.259 e. The number of imidazole rings is 1. The predicted molar refractivity (Wildman–Crippen MR) is 114 cm³/mol. The zero-order valence-electron chi connectivity index (χ0n) is 16.9. The first kappa shape index (κ1) is 18.8. The quantitative estimate of drug-likeness (QED) is 0.524. The van der Waals surface area contributed by atoms with Gasteiger partial charge in [-0.1, -0.05) is 42.0 Å². The van der Waals surface area contributed by atoms with Gasteiger partial charge in [-0.25, -0.2) is 9.37 Å². The summed E-state index contributed by atoms with van der Waals surface area (Å²) >= 11 is 0. The molecule has 0 atom stereocenters. The molecule has 6 heteroatoms. The van der Waals surface area contributed by atoms with Gasteiger partial charge < -0.3 is 0 Å². The second kappa shape index (κ2) is 7.54. The predicted octanol–water partition coefficient (Wildman–Crippen LogP) is 3.55. The van der Waals surface area contributed by atoms with E-state index in [0.29, 0.717) is 18.9 Å². The van der Waals surface area contributed by atoms with Gasteiger partial charge in [0.2, 0.25) is 5.78 Å². The van der Waals surface area contributed by atoms with Gasteiger partial charge in [-0.05, 0) is 30.2 Å². The van der Waals surface area contributed by atoms with Crippen LogP contribution in [0.2, 0.25) is 0 Å². The summed E-state index contributed by atoms with van der Waals surface area (Å²) < 4.78 is 17.0. The molecular weight excluding hydrogens is 379 g/mol. The van der Waals surface area contributed by atoms with Gasteiger partial charge in [-0.3, -0.25) is 18.7 Å². The molecule has 0 saturated carbocycles. The Morgan fingerprint density at radius 1 is 1.07 bits per heavy atom. The lowest BCUT2D eigenvalue weighted by molar-refractivity contribution is 0.240. The fourth-order valence-corrected chi connectivity index (χ4v) is 4.34. The van der Waals surface area contributed by atoms with Crippen molar-refractivity contribution >= 4 is 5.78 Å². The number of rotatable bonds is 4. The van der Waals surface area contributed by atoms with Crippen molar-refractivity contribution in [1.29, 1.82) is 0 Å². The number of hydrogen-bond donors (Lipinski definition) is 0. The van der Waals surface area contributed by atoms with Gasteiger partial charge in [0.05, 0.1) is 12.1 Å². The van der Waals surface area contributed by atoms with Crippen LogP contribution in [0.1, 0.15) is 27.9 Å². The monoisotopic (exact) mass is 402 g/mol. The molecule has 1 aliphatic heterocycles. The fourth-order valence-electron chi connectivity index (χ4n) is 4.34. The Hall–Kier alpha value is -3.25. The Balaban J connectivity index is 1.51. The van der Waals surface area contributed by atoms with Crippen LogP contribution in [0.25, 0.3) is 5.78 Å². The van der Waals surface area contributed by atoms with Gasteiger partial charge >= 0.3 is 0 Å².